The van der Waals surface area contributed by atoms with Gasteiger partial charge >= 0.3 is 5.97 Å². The van der Waals surface area contributed by atoms with Crippen LogP contribution in [0.4, 0.5) is 0 Å². The number of carboxylic acid groups (broad SMARTS) is 1. The number of benzene rings is 1. The van der Waals surface area contributed by atoms with Gasteiger partial charge in [-0.3, -0.25) is 14.4 Å². The second kappa shape index (κ2) is 13.3. The first kappa shape index (κ1) is 26.8. The third-order valence-corrected chi connectivity index (χ3v) is 5.27. The van der Waals surface area contributed by atoms with E-state index >= 15 is 0 Å². The van der Waals surface area contributed by atoms with Crippen LogP contribution in [0, 0.1) is 0 Å². The number of para-hydroxylation sites is 1. The molecular weight excluding hydrogens is 444 g/mol. The normalized spacial score (nSPS) is 13.6. The highest BCUT2D eigenvalue weighted by molar-refractivity contribution is 5.93. The fourth-order valence-corrected chi connectivity index (χ4v) is 3.39. The SMILES string of the molecule is NCCCCC(NC(=O)C(CO)NC(=O)CNC(=O)C(N)Cc1c[nH]c2ccccc12)C(=O)O. The molecular formula is C22H32N6O6. The molecule has 1 heterocycles. The summed E-state index contributed by atoms with van der Waals surface area (Å²) in [6.45, 7) is -0.823. The van der Waals surface area contributed by atoms with Crippen LogP contribution in [0.15, 0.2) is 30.5 Å². The van der Waals surface area contributed by atoms with Crippen LogP contribution < -0.4 is 27.4 Å². The van der Waals surface area contributed by atoms with Crippen molar-refractivity contribution in [1.29, 1.82) is 0 Å². The van der Waals surface area contributed by atoms with Crippen LogP contribution in [-0.4, -0.2) is 76.7 Å². The van der Waals surface area contributed by atoms with Crippen LogP contribution in [0.2, 0.25) is 0 Å². The number of unbranched alkanes of at least 4 members (excludes halogenated alkanes) is 1. The summed E-state index contributed by atoms with van der Waals surface area (Å²) in [6.07, 6.45) is 3.28. The Morgan fingerprint density at radius 1 is 1.03 bits per heavy atom. The van der Waals surface area contributed by atoms with Gasteiger partial charge in [-0.05, 0) is 43.9 Å². The van der Waals surface area contributed by atoms with Gasteiger partial charge in [0.1, 0.15) is 12.1 Å². The van der Waals surface area contributed by atoms with Crippen LogP contribution in [0.5, 0.6) is 0 Å². The summed E-state index contributed by atoms with van der Waals surface area (Å²) in [5.74, 6) is -3.38. The fraction of sp³-hybridized carbons (Fsp3) is 0.455. The molecule has 3 unspecified atom stereocenters. The summed E-state index contributed by atoms with van der Waals surface area (Å²) in [7, 11) is 0. The Bertz CT molecular complexity index is 993. The molecule has 12 heteroatoms. The lowest BCUT2D eigenvalue weighted by Crippen LogP contribution is -2.55. The fourth-order valence-electron chi connectivity index (χ4n) is 3.39. The zero-order valence-electron chi connectivity index (χ0n) is 18.8. The molecule has 0 bridgehead atoms. The number of hydrogen-bond acceptors (Lipinski definition) is 7. The van der Waals surface area contributed by atoms with Gasteiger partial charge < -0.3 is 42.6 Å². The second-order valence-corrected chi connectivity index (χ2v) is 7.87. The number of H-pyrrole nitrogens is 1. The van der Waals surface area contributed by atoms with Gasteiger partial charge in [0.05, 0.1) is 19.2 Å². The number of fused-ring (bicyclic) bond motifs is 1. The Morgan fingerprint density at radius 3 is 2.44 bits per heavy atom. The maximum atomic E-state index is 12.3. The highest BCUT2D eigenvalue weighted by Gasteiger charge is 2.26. The predicted molar refractivity (Wildman–Crippen MR) is 124 cm³/mol. The number of amides is 3. The topological polar surface area (TPSA) is 213 Å². The molecule has 34 heavy (non-hydrogen) atoms. The first-order valence-corrected chi connectivity index (χ1v) is 11.0. The summed E-state index contributed by atoms with van der Waals surface area (Å²) in [4.78, 5) is 51.2. The number of aliphatic hydroxyl groups is 1. The van der Waals surface area contributed by atoms with E-state index in [0.717, 1.165) is 16.5 Å². The highest BCUT2D eigenvalue weighted by atomic mass is 16.4. The average molecular weight is 477 g/mol. The van der Waals surface area contributed by atoms with Crippen molar-refractivity contribution in [2.75, 3.05) is 19.7 Å². The molecule has 186 valence electrons. The zero-order chi connectivity index (χ0) is 25.1. The summed E-state index contributed by atoms with van der Waals surface area (Å²) in [5.41, 5.74) is 13.1. The summed E-state index contributed by atoms with van der Waals surface area (Å²) >= 11 is 0. The minimum Gasteiger partial charge on any atom is -0.480 e. The van der Waals surface area contributed by atoms with Crippen LogP contribution in [0.3, 0.4) is 0 Å². The molecule has 0 saturated carbocycles. The third kappa shape index (κ3) is 7.83. The van der Waals surface area contributed by atoms with Crippen LogP contribution in [0.25, 0.3) is 10.9 Å². The number of aromatic nitrogens is 1. The smallest absolute Gasteiger partial charge is 0.326 e. The summed E-state index contributed by atoms with van der Waals surface area (Å²) in [6, 6.07) is 4.12. The molecule has 0 aliphatic heterocycles. The van der Waals surface area contributed by atoms with Crippen molar-refractivity contribution in [1.82, 2.24) is 20.9 Å². The van der Waals surface area contributed by atoms with Crippen LogP contribution >= 0.6 is 0 Å². The van der Waals surface area contributed by atoms with E-state index in [0.29, 0.717) is 19.4 Å². The lowest BCUT2D eigenvalue weighted by molar-refractivity contribution is -0.142. The molecule has 1 aromatic heterocycles. The van der Waals surface area contributed by atoms with Gasteiger partial charge in [0.25, 0.3) is 0 Å². The van der Waals surface area contributed by atoms with Crippen LogP contribution in [-0.2, 0) is 25.6 Å². The Labute approximate surface area is 196 Å². The Kier molecular flexibility index (Phi) is 10.5. The number of rotatable bonds is 14. The van der Waals surface area contributed by atoms with Crippen molar-refractivity contribution in [2.24, 2.45) is 11.5 Å². The monoisotopic (exact) mass is 476 g/mol. The molecule has 3 atom stereocenters. The predicted octanol–water partition coefficient (Wildman–Crippen LogP) is -1.67. The van der Waals surface area contributed by atoms with Gasteiger partial charge in [-0.2, -0.15) is 0 Å². The molecule has 0 radical (unpaired) electrons. The van der Waals surface area contributed by atoms with E-state index in [2.05, 4.69) is 20.9 Å². The number of carbonyl (C=O) groups excluding carboxylic acids is 3. The van der Waals surface area contributed by atoms with E-state index in [1.807, 2.05) is 24.3 Å². The molecule has 12 nitrogen and oxygen atoms in total. The van der Waals surface area contributed by atoms with E-state index in [-0.39, 0.29) is 12.8 Å². The Hall–Kier alpha value is -3.48. The van der Waals surface area contributed by atoms with E-state index in [1.54, 1.807) is 6.20 Å². The number of aliphatic hydroxyl groups excluding tert-OH is 1. The summed E-state index contributed by atoms with van der Waals surface area (Å²) < 4.78 is 0. The van der Waals surface area contributed by atoms with Crippen molar-refractivity contribution >= 4 is 34.6 Å². The molecule has 0 saturated heterocycles. The second-order valence-electron chi connectivity index (χ2n) is 7.87. The number of aromatic amines is 1. The molecule has 0 aliphatic carbocycles. The van der Waals surface area contributed by atoms with E-state index in [1.165, 1.54) is 0 Å². The Balaban J connectivity index is 1.82. The van der Waals surface area contributed by atoms with Crippen molar-refractivity contribution in [2.45, 2.75) is 43.8 Å². The minimum atomic E-state index is -1.37. The molecule has 10 N–H and O–H groups in total. The van der Waals surface area contributed by atoms with Gasteiger partial charge in [-0.1, -0.05) is 18.2 Å². The largest absolute Gasteiger partial charge is 0.480 e. The van der Waals surface area contributed by atoms with E-state index in [9.17, 15) is 29.4 Å². The van der Waals surface area contributed by atoms with Gasteiger partial charge in [0.15, 0.2) is 0 Å². The molecule has 2 rings (SSSR count). The lowest BCUT2D eigenvalue weighted by atomic mass is 10.1. The van der Waals surface area contributed by atoms with Gasteiger partial charge in [0, 0.05) is 17.1 Å². The van der Waals surface area contributed by atoms with Crippen molar-refractivity contribution in [3.63, 3.8) is 0 Å². The molecule has 0 spiro atoms. The minimum absolute atomic E-state index is 0.161. The highest BCUT2D eigenvalue weighted by Crippen LogP contribution is 2.18. The molecule has 3 amide bonds. The number of hydrogen-bond donors (Lipinski definition) is 8. The van der Waals surface area contributed by atoms with Gasteiger partial charge in [-0.15, -0.1) is 0 Å². The number of carboxylic acids is 1. The first-order chi connectivity index (χ1) is 16.3. The summed E-state index contributed by atoms with van der Waals surface area (Å²) in [5, 5.41) is 26.6. The van der Waals surface area contributed by atoms with Crippen LogP contribution in [0.1, 0.15) is 24.8 Å². The quantitative estimate of drug-likeness (QED) is 0.147. The Morgan fingerprint density at radius 2 is 1.76 bits per heavy atom. The standard InChI is InChI=1S/C22H32N6O6/c23-8-4-3-7-17(22(33)34)28-21(32)18(12-29)27-19(30)11-26-20(31)15(24)9-13-10-25-16-6-2-1-5-14(13)16/h1-2,5-6,10,15,17-18,25,29H,3-4,7-9,11-12,23-24H2,(H,26,31)(H,27,30)(H,28,32)(H,33,34). The number of nitrogens with one attached hydrogen (secondary N) is 4. The van der Waals surface area contributed by atoms with Gasteiger partial charge in [0.2, 0.25) is 17.7 Å². The maximum absolute atomic E-state index is 12.3. The van der Waals surface area contributed by atoms with E-state index < -0.39 is 55.0 Å². The average Bonchev–Trinajstić information content (AvgIpc) is 3.22. The first-order valence-electron chi connectivity index (χ1n) is 11.0. The van der Waals surface area contributed by atoms with Crippen molar-refractivity contribution < 1.29 is 29.4 Å². The number of carbonyl (C=O) groups is 4. The molecule has 1 aromatic carbocycles. The van der Waals surface area contributed by atoms with Crippen molar-refractivity contribution in [3.8, 4) is 0 Å². The van der Waals surface area contributed by atoms with Gasteiger partial charge in [-0.25, -0.2) is 4.79 Å². The number of nitrogens with two attached hydrogens (primary N) is 2. The van der Waals surface area contributed by atoms with E-state index in [4.69, 9.17) is 11.5 Å². The third-order valence-electron chi connectivity index (χ3n) is 5.27. The maximum Gasteiger partial charge on any atom is 0.326 e. The number of aliphatic carboxylic acids is 1. The zero-order valence-corrected chi connectivity index (χ0v) is 18.8. The van der Waals surface area contributed by atoms with Crippen molar-refractivity contribution in [3.05, 3.63) is 36.0 Å². The lowest BCUT2D eigenvalue weighted by Gasteiger charge is -2.20. The molecule has 0 fully saturated rings. The molecule has 0 aliphatic rings. The molecule has 2 aromatic rings.